The predicted molar refractivity (Wildman–Crippen MR) is 74.7 cm³/mol. The van der Waals surface area contributed by atoms with Crippen molar-refractivity contribution in [2.45, 2.75) is 18.3 Å². The molecule has 92 valence electrons. The van der Waals surface area contributed by atoms with Gasteiger partial charge in [0.1, 0.15) is 0 Å². The Labute approximate surface area is 111 Å². The first kappa shape index (κ1) is 10.6. The fourth-order valence-corrected chi connectivity index (χ4v) is 2.94. The van der Waals surface area contributed by atoms with E-state index in [2.05, 4.69) is 40.9 Å². The van der Waals surface area contributed by atoms with Crippen molar-refractivity contribution in [3.05, 3.63) is 42.2 Å². The van der Waals surface area contributed by atoms with Gasteiger partial charge in [-0.1, -0.05) is 12.1 Å². The summed E-state index contributed by atoms with van der Waals surface area (Å²) in [6.07, 6.45) is 5.70. The van der Waals surface area contributed by atoms with Gasteiger partial charge in [0.05, 0.1) is 17.0 Å². The fraction of sp³-hybridized carbons (Fsp3) is 0.250. The number of aryl methyl sites for hydroxylation is 1. The second-order valence-electron chi connectivity index (χ2n) is 5.38. The third kappa shape index (κ3) is 1.29. The minimum atomic E-state index is -0.219. The highest BCUT2D eigenvalue weighted by atomic mass is 14.9. The lowest BCUT2D eigenvalue weighted by molar-refractivity contribution is 0.907. The van der Waals surface area contributed by atoms with Crippen LogP contribution in [0.3, 0.4) is 0 Å². The first-order valence-corrected chi connectivity index (χ1v) is 6.49. The summed E-state index contributed by atoms with van der Waals surface area (Å²) >= 11 is 0. The summed E-state index contributed by atoms with van der Waals surface area (Å²) in [4.78, 5) is 4.21. The van der Waals surface area contributed by atoms with Crippen molar-refractivity contribution < 1.29 is 0 Å². The number of hydrogen-bond donors (Lipinski definition) is 0. The van der Waals surface area contributed by atoms with E-state index in [-0.39, 0.29) is 5.41 Å². The molecule has 0 radical (unpaired) electrons. The minimum Gasteiger partial charge on any atom is -0.344 e. The van der Waals surface area contributed by atoms with Crippen LogP contribution in [0.4, 0.5) is 0 Å². The molecular formula is C16H13N3. The summed E-state index contributed by atoms with van der Waals surface area (Å²) in [5.74, 6) is 0. The summed E-state index contributed by atoms with van der Waals surface area (Å²) < 4.78 is 2.18. The molecule has 3 heteroatoms. The van der Waals surface area contributed by atoms with Crippen LogP contribution in [-0.4, -0.2) is 9.55 Å². The van der Waals surface area contributed by atoms with Gasteiger partial charge in [-0.2, -0.15) is 5.26 Å². The molecule has 1 aliphatic carbocycles. The first-order valence-electron chi connectivity index (χ1n) is 6.49. The molecule has 0 N–H and O–H groups in total. The van der Waals surface area contributed by atoms with E-state index in [1.165, 1.54) is 21.8 Å². The SMILES string of the molecule is Cn1c2ccncc2c2ccc(C3(C#N)CC3)cc21. The first-order chi connectivity index (χ1) is 9.25. The van der Waals surface area contributed by atoms with Gasteiger partial charge in [0.25, 0.3) is 0 Å². The van der Waals surface area contributed by atoms with Crippen molar-refractivity contribution in [3.8, 4) is 6.07 Å². The Balaban J connectivity index is 2.08. The summed E-state index contributed by atoms with van der Waals surface area (Å²) in [6, 6.07) is 10.9. The highest BCUT2D eigenvalue weighted by molar-refractivity contribution is 6.07. The van der Waals surface area contributed by atoms with E-state index in [1.807, 2.05) is 18.5 Å². The second-order valence-corrected chi connectivity index (χ2v) is 5.38. The lowest BCUT2D eigenvalue weighted by Gasteiger charge is -2.07. The molecule has 2 heterocycles. The van der Waals surface area contributed by atoms with Crippen LogP contribution in [-0.2, 0) is 12.5 Å². The van der Waals surface area contributed by atoms with Crippen LogP contribution < -0.4 is 0 Å². The van der Waals surface area contributed by atoms with Gasteiger partial charge >= 0.3 is 0 Å². The standard InChI is InChI=1S/C16H13N3/c1-19-14-4-7-18-9-13(14)12-3-2-11(8-15(12)19)16(10-17)5-6-16/h2-4,7-9H,5-6H2,1H3. The average Bonchev–Trinajstić information content (AvgIpc) is 3.22. The molecule has 1 aliphatic rings. The third-order valence-corrected chi connectivity index (χ3v) is 4.33. The van der Waals surface area contributed by atoms with E-state index in [0.29, 0.717) is 0 Å². The smallest absolute Gasteiger partial charge is 0.0824 e. The molecule has 1 fully saturated rings. The van der Waals surface area contributed by atoms with Gasteiger partial charge in [-0.05, 0) is 30.5 Å². The van der Waals surface area contributed by atoms with E-state index in [4.69, 9.17) is 0 Å². The molecule has 0 aliphatic heterocycles. The Morgan fingerprint density at radius 3 is 2.79 bits per heavy atom. The highest BCUT2D eigenvalue weighted by Crippen LogP contribution is 2.48. The number of pyridine rings is 1. The zero-order valence-corrected chi connectivity index (χ0v) is 10.7. The summed E-state index contributed by atoms with van der Waals surface area (Å²) in [5.41, 5.74) is 3.30. The second kappa shape index (κ2) is 3.36. The molecule has 1 aromatic carbocycles. The molecule has 0 unspecified atom stereocenters. The lowest BCUT2D eigenvalue weighted by Crippen LogP contribution is -2.02. The molecule has 3 nitrogen and oxygen atoms in total. The number of fused-ring (bicyclic) bond motifs is 3. The molecule has 0 amide bonds. The highest BCUT2D eigenvalue weighted by Gasteiger charge is 2.45. The average molecular weight is 247 g/mol. The largest absolute Gasteiger partial charge is 0.344 e. The zero-order chi connectivity index (χ0) is 13.0. The molecule has 4 rings (SSSR count). The Morgan fingerprint density at radius 2 is 2.05 bits per heavy atom. The van der Waals surface area contributed by atoms with Crippen molar-refractivity contribution in [1.29, 1.82) is 5.26 Å². The Bertz CT molecular complexity index is 847. The fourth-order valence-electron chi connectivity index (χ4n) is 2.94. The van der Waals surface area contributed by atoms with Crippen molar-refractivity contribution >= 4 is 21.8 Å². The maximum atomic E-state index is 9.32. The van der Waals surface area contributed by atoms with E-state index in [1.54, 1.807) is 0 Å². The summed E-state index contributed by atoms with van der Waals surface area (Å²) in [6.45, 7) is 0. The summed E-state index contributed by atoms with van der Waals surface area (Å²) in [5, 5.41) is 11.7. The van der Waals surface area contributed by atoms with Crippen molar-refractivity contribution in [3.63, 3.8) is 0 Å². The van der Waals surface area contributed by atoms with Crippen LogP contribution in [0.5, 0.6) is 0 Å². The van der Waals surface area contributed by atoms with Gasteiger partial charge in [-0.25, -0.2) is 0 Å². The van der Waals surface area contributed by atoms with Gasteiger partial charge in [-0.15, -0.1) is 0 Å². The van der Waals surface area contributed by atoms with Gasteiger partial charge in [0.2, 0.25) is 0 Å². The molecule has 0 atom stereocenters. The molecule has 0 spiro atoms. The normalized spacial score (nSPS) is 16.6. The Morgan fingerprint density at radius 1 is 1.21 bits per heavy atom. The predicted octanol–water partition coefficient (Wildman–Crippen LogP) is 3.28. The topological polar surface area (TPSA) is 41.6 Å². The Hall–Kier alpha value is -2.34. The van der Waals surface area contributed by atoms with Crippen LogP contribution in [0.25, 0.3) is 21.8 Å². The quantitative estimate of drug-likeness (QED) is 0.662. The van der Waals surface area contributed by atoms with Gasteiger partial charge in [0, 0.05) is 35.7 Å². The zero-order valence-electron chi connectivity index (χ0n) is 10.7. The number of rotatable bonds is 1. The summed E-state index contributed by atoms with van der Waals surface area (Å²) in [7, 11) is 2.07. The maximum absolute atomic E-state index is 9.32. The molecule has 1 saturated carbocycles. The number of aromatic nitrogens is 2. The van der Waals surface area contributed by atoms with Crippen LogP contribution >= 0.6 is 0 Å². The van der Waals surface area contributed by atoms with Crippen LogP contribution in [0.2, 0.25) is 0 Å². The van der Waals surface area contributed by atoms with Gasteiger partial charge in [-0.3, -0.25) is 4.98 Å². The van der Waals surface area contributed by atoms with Crippen LogP contribution in [0, 0.1) is 11.3 Å². The molecule has 19 heavy (non-hydrogen) atoms. The van der Waals surface area contributed by atoms with Crippen molar-refractivity contribution in [2.75, 3.05) is 0 Å². The lowest BCUT2D eigenvalue weighted by atomic mass is 9.96. The monoisotopic (exact) mass is 247 g/mol. The molecule has 2 aromatic heterocycles. The third-order valence-electron chi connectivity index (χ3n) is 4.33. The number of nitrogens with zero attached hydrogens (tertiary/aromatic N) is 3. The molecule has 0 bridgehead atoms. The maximum Gasteiger partial charge on any atom is 0.0824 e. The van der Waals surface area contributed by atoms with E-state index in [9.17, 15) is 5.26 Å². The van der Waals surface area contributed by atoms with E-state index < -0.39 is 0 Å². The molecule has 0 saturated heterocycles. The number of nitriles is 1. The van der Waals surface area contributed by atoms with Crippen LogP contribution in [0.15, 0.2) is 36.7 Å². The number of hydrogen-bond acceptors (Lipinski definition) is 2. The van der Waals surface area contributed by atoms with Crippen molar-refractivity contribution in [1.82, 2.24) is 9.55 Å². The van der Waals surface area contributed by atoms with Gasteiger partial charge in [0.15, 0.2) is 0 Å². The van der Waals surface area contributed by atoms with E-state index in [0.717, 1.165) is 18.4 Å². The van der Waals surface area contributed by atoms with Gasteiger partial charge < -0.3 is 4.57 Å². The van der Waals surface area contributed by atoms with Crippen molar-refractivity contribution in [2.24, 2.45) is 7.05 Å². The van der Waals surface area contributed by atoms with E-state index >= 15 is 0 Å². The molecular weight excluding hydrogens is 234 g/mol. The Kier molecular flexibility index (Phi) is 1.87. The minimum absolute atomic E-state index is 0.219. The van der Waals surface area contributed by atoms with Crippen LogP contribution in [0.1, 0.15) is 18.4 Å². The number of benzene rings is 1. The molecule has 3 aromatic rings.